The third-order valence-corrected chi connectivity index (χ3v) is 5.45. The average molecular weight is 489 g/mol. The second kappa shape index (κ2) is 10.8. The third kappa shape index (κ3) is 6.09. The number of ether oxygens (including phenoxy) is 1. The molecule has 0 heterocycles. The van der Waals surface area contributed by atoms with E-state index in [1.807, 2.05) is 55.5 Å². The van der Waals surface area contributed by atoms with Crippen molar-refractivity contribution in [2.75, 3.05) is 5.32 Å². The molecule has 3 rings (SSSR count). The number of rotatable bonds is 7. The normalized spacial score (nSPS) is 11.0. The van der Waals surface area contributed by atoms with Crippen molar-refractivity contribution in [1.82, 2.24) is 0 Å². The van der Waals surface area contributed by atoms with Crippen LogP contribution in [0, 0.1) is 25.2 Å². The number of benzene rings is 3. The summed E-state index contributed by atoms with van der Waals surface area (Å²) in [5.74, 6) is 0.149. The monoisotopic (exact) mass is 488 g/mol. The van der Waals surface area contributed by atoms with Crippen LogP contribution in [-0.2, 0) is 17.8 Å². The number of aryl methyl sites for hydroxylation is 3. The van der Waals surface area contributed by atoms with Gasteiger partial charge >= 0.3 is 0 Å². The van der Waals surface area contributed by atoms with Gasteiger partial charge in [-0.1, -0.05) is 70.4 Å². The lowest BCUT2D eigenvalue weighted by Gasteiger charge is -2.12. The summed E-state index contributed by atoms with van der Waals surface area (Å²) in [6.07, 6.45) is 2.34. The van der Waals surface area contributed by atoms with Crippen LogP contribution >= 0.6 is 15.9 Å². The second-order valence-corrected chi connectivity index (χ2v) is 8.52. The number of hydrogen-bond acceptors (Lipinski definition) is 3. The number of amides is 1. The van der Waals surface area contributed by atoms with Gasteiger partial charge in [-0.2, -0.15) is 5.26 Å². The lowest BCUT2D eigenvalue weighted by Crippen LogP contribution is -2.14. The number of anilines is 1. The highest BCUT2D eigenvalue weighted by molar-refractivity contribution is 9.10. The fraction of sp³-hybridized carbons (Fsp3) is 0.185. The summed E-state index contributed by atoms with van der Waals surface area (Å²) in [5, 5.41) is 12.5. The first kappa shape index (κ1) is 23.3. The molecule has 0 bridgehead atoms. The number of halogens is 1. The Morgan fingerprint density at radius 3 is 2.50 bits per heavy atom. The molecule has 0 aliphatic carbocycles. The SMILES string of the molecule is CCc1ccccc1NC(=O)/C(C#N)=C/c1cc(Br)ccc1OCc1cc(C)cc(C)c1. The topological polar surface area (TPSA) is 62.1 Å². The summed E-state index contributed by atoms with van der Waals surface area (Å²) in [5.41, 5.74) is 5.80. The number of para-hydroxylation sites is 1. The molecule has 0 radical (unpaired) electrons. The van der Waals surface area contributed by atoms with Gasteiger partial charge in [-0.15, -0.1) is 0 Å². The zero-order valence-electron chi connectivity index (χ0n) is 18.4. The molecular weight excluding hydrogens is 464 g/mol. The van der Waals surface area contributed by atoms with Gasteiger partial charge in [0.1, 0.15) is 24.0 Å². The zero-order chi connectivity index (χ0) is 23.1. The fourth-order valence-electron chi connectivity index (χ4n) is 3.52. The molecule has 0 aliphatic rings. The van der Waals surface area contributed by atoms with E-state index >= 15 is 0 Å². The van der Waals surface area contributed by atoms with Crippen molar-refractivity contribution in [3.8, 4) is 11.8 Å². The van der Waals surface area contributed by atoms with Gasteiger partial charge in [0.05, 0.1) is 0 Å². The molecule has 0 saturated carbocycles. The third-order valence-electron chi connectivity index (χ3n) is 4.96. The van der Waals surface area contributed by atoms with E-state index in [0.717, 1.165) is 22.0 Å². The Bertz CT molecular complexity index is 1190. The predicted molar refractivity (Wildman–Crippen MR) is 132 cm³/mol. The van der Waals surface area contributed by atoms with Crippen LogP contribution in [0.25, 0.3) is 6.08 Å². The maximum absolute atomic E-state index is 12.8. The molecule has 1 amide bonds. The van der Waals surface area contributed by atoms with E-state index in [-0.39, 0.29) is 5.57 Å². The van der Waals surface area contributed by atoms with Crippen LogP contribution in [0.2, 0.25) is 0 Å². The molecule has 3 aromatic carbocycles. The van der Waals surface area contributed by atoms with Gasteiger partial charge in [0.15, 0.2) is 0 Å². The Hall–Kier alpha value is -3.36. The molecule has 0 aromatic heterocycles. The van der Waals surface area contributed by atoms with E-state index in [4.69, 9.17) is 4.74 Å². The van der Waals surface area contributed by atoms with Crippen molar-refractivity contribution in [3.63, 3.8) is 0 Å². The first-order chi connectivity index (χ1) is 15.4. The van der Waals surface area contributed by atoms with Crippen LogP contribution in [-0.4, -0.2) is 5.91 Å². The Balaban J connectivity index is 1.85. The minimum Gasteiger partial charge on any atom is -0.488 e. The predicted octanol–water partition coefficient (Wildman–Crippen LogP) is 6.75. The highest BCUT2D eigenvalue weighted by atomic mass is 79.9. The van der Waals surface area contributed by atoms with Crippen LogP contribution in [0.15, 0.2) is 70.7 Å². The first-order valence-corrected chi connectivity index (χ1v) is 11.2. The first-order valence-electron chi connectivity index (χ1n) is 10.4. The molecule has 162 valence electrons. The van der Waals surface area contributed by atoms with E-state index < -0.39 is 5.91 Å². The van der Waals surface area contributed by atoms with Gasteiger partial charge in [0.25, 0.3) is 5.91 Å². The standard InChI is InChI=1S/C27H25BrN2O2/c1-4-21-7-5-6-8-25(21)30-27(31)23(16-29)14-22-15-24(28)9-10-26(22)32-17-20-12-18(2)11-19(3)13-20/h5-15H,4,17H2,1-3H3,(H,30,31)/b23-14+. The Labute approximate surface area is 197 Å². The summed E-state index contributed by atoms with van der Waals surface area (Å²) >= 11 is 3.46. The van der Waals surface area contributed by atoms with Gasteiger partial charge in [-0.05, 0) is 61.7 Å². The van der Waals surface area contributed by atoms with Crippen LogP contribution in [0.3, 0.4) is 0 Å². The average Bonchev–Trinajstić information content (AvgIpc) is 2.76. The van der Waals surface area contributed by atoms with E-state index in [9.17, 15) is 10.1 Å². The molecule has 4 nitrogen and oxygen atoms in total. The van der Waals surface area contributed by atoms with Crippen LogP contribution in [0.1, 0.15) is 34.7 Å². The van der Waals surface area contributed by atoms with Gasteiger partial charge in [-0.25, -0.2) is 0 Å². The van der Waals surface area contributed by atoms with Crippen molar-refractivity contribution in [2.24, 2.45) is 0 Å². The number of carbonyl (C=O) groups is 1. The number of nitrogens with zero attached hydrogens (tertiary/aromatic N) is 1. The van der Waals surface area contributed by atoms with Crippen molar-refractivity contribution < 1.29 is 9.53 Å². The Morgan fingerprint density at radius 2 is 1.81 bits per heavy atom. The molecule has 0 spiro atoms. The summed E-state index contributed by atoms with van der Waals surface area (Å²) in [7, 11) is 0. The maximum Gasteiger partial charge on any atom is 0.266 e. The molecular formula is C27H25BrN2O2. The summed E-state index contributed by atoms with van der Waals surface area (Å²) in [6.45, 7) is 6.52. The highest BCUT2D eigenvalue weighted by Gasteiger charge is 2.13. The molecule has 32 heavy (non-hydrogen) atoms. The quantitative estimate of drug-likeness (QED) is 0.295. The van der Waals surface area contributed by atoms with Crippen molar-refractivity contribution >= 4 is 33.6 Å². The maximum atomic E-state index is 12.8. The number of hydrogen-bond donors (Lipinski definition) is 1. The molecule has 0 fully saturated rings. The number of nitrogens with one attached hydrogen (secondary N) is 1. The van der Waals surface area contributed by atoms with E-state index in [1.54, 1.807) is 6.08 Å². The Kier molecular flexibility index (Phi) is 7.86. The molecule has 5 heteroatoms. The van der Waals surface area contributed by atoms with Crippen LogP contribution in [0.4, 0.5) is 5.69 Å². The van der Waals surface area contributed by atoms with E-state index in [2.05, 4.69) is 53.3 Å². The van der Waals surface area contributed by atoms with E-state index in [0.29, 0.717) is 23.6 Å². The van der Waals surface area contributed by atoms with E-state index in [1.165, 1.54) is 11.1 Å². The summed E-state index contributed by atoms with van der Waals surface area (Å²) in [6, 6.07) is 21.4. The number of carbonyl (C=O) groups excluding carboxylic acids is 1. The van der Waals surface area contributed by atoms with Gasteiger partial charge < -0.3 is 10.1 Å². The fourth-order valence-corrected chi connectivity index (χ4v) is 3.90. The zero-order valence-corrected chi connectivity index (χ0v) is 20.0. The van der Waals surface area contributed by atoms with Crippen molar-refractivity contribution in [3.05, 3.63) is 98.5 Å². The highest BCUT2D eigenvalue weighted by Crippen LogP contribution is 2.27. The molecule has 1 N–H and O–H groups in total. The molecule has 0 atom stereocenters. The van der Waals surface area contributed by atoms with Crippen molar-refractivity contribution in [1.29, 1.82) is 5.26 Å². The van der Waals surface area contributed by atoms with Crippen molar-refractivity contribution in [2.45, 2.75) is 33.8 Å². The number of nitriles is 1. The summed E-state index contributed by atoms with van der Waals surface area (Å²) in [4.78, 5) is 12.8. The minimum atomic E-state index is -0.450. The lowest BCUT2D eigenvalue weighted by molar-refractivity contribution is -0.112. The molecule has 0 saturated heterocycles. The second-order valence-electron chi connectivity index (χ2n) is 7.60. The Morgan fingerprint density at radius 1 is 1.09 bits per heavy atom. The van der Waals surface area contributed by atoms with Crippen LogP contribution < -0.4 is 10.1 Å². The minimum absolute atomic E-state index is 0.00487. The van der Waals surface area contributed by atoms with Gasteiger partial charge in [-0.3, -0.25) is 4.79 Å². The molecule has 0 unspecified atom stereocenters. The van der Waals surface area contributed by atoms with Gasteiger partial charge in [0, 0.05) is 15.7 Å². The van der Waals surface area contributed by atoms with Gasteiger partial charge in [0.2, 0.25) is 0 Å². The largest absolute Gasteiger partial charge is 0.488 e. The molecule has 0 aliphatic heterocycles. The summed E-state index contributed by atoms with van der Waals surface area (Å²) < 4.78 is 6.89. The van der Waals surface area contributed by atoms with Crippen LogP contribution in [0.5, 0.6) is 5.75 Å². The smallest absolute Gasteiger partial charge is 0.266 e. The lowest BCUT2D eigenvalue weighted by atomic mass is 10.1. The molecule has 3 aromatic rings.